The summed E-state index contributed by atoms with van der Waals surface area (Å²) >= 11 is 0. The van der Waals surface area contributed by atoms with Crippen LogP contribution < -0.4 is 15.4 Å². The summed E-state index contributed by atoms with van der Waals surface area (Å²) in [5.74, 6) is -1.08. The van der Waals surface area contributed by atoms with Gasteiger partial charge in [-0.25, -0.2) is 13.2 Å². The maximum Gasteiger partial charge on any atom is 0.319 e. The summed E-state index contributed by atoms with van der Waals surface area (Å²) < 4.78 is 36.4. The van der Waals surface area contributed by atoms with E-state index in [9.17, 15) is 18.0 Å². The zero-order valence-corrected chi connectivity index (χ0v) is 18.0. The van der Waals surface area contributed by atoms with Gasteiger partial charge >= 0.3 is 12.0 Å². The van der Waals surface area contributed by atoms with Gasteiger partial charge in [-0.2, -0.15) is 0 Å². The number of esters is 1. The zero-order chi connectivity index (χ0) is 22.4. The van der Waals surface area contributed by atoms with Crippen molar-refractivity contribution in [3.05, 3.63) is 71.3 Å². The molecule has 1 aliphatic rings. The third-order valence-electron chi connectivity index (χ3n) is 4.66. The molecular weight excluding hydrogens is 420 g/mol. The van der Waals surface area contributed by atoms with E-state index >= 15 is 0 Å². The maximum absolute atomic E-state index is 12.9. The Bertz CT molecular complexity index is 1060. The lowest BCUT2D eigenvalue weighted by Crippen LogP contribution is -2.51. The average molecular weight is 445 g/mol. The van der Waals surface area contributed by atoms with Crippen molar-refractivity contribution in [2.75, 3.05) is 13.2 Å². The van der Waals surface area contributed by atoms with Gasteiger partial charge in [0.05, 0.1) is 29.6 Å². The molecule has 1 fully saturated rings. The van der Waals surface area contributed by atoms with Gasteiger partial charge in [0.1, 0.15) is 11.7 Å². The number of nitrogens with one attached hydrogen (secondary N) is 2. The molecule has 1 heterocycles. The predicted molar refractivity (Wildman–Crippen MR) is 114 cm³/mol. The lowest BCUT2D eigenvalue weighted by Gasteiger charge is -2.33. The molecule has 0 bridgehead atoms. The van der Waals surface area contributed by atoms with Crippen LogP contribution in [0, 0.1) is 5.92 Å². The van der Waals surface area contributed by atoms with E-state index in [1.54, 1.807) is 49.4 Å². The highest BCUT2D eigenvalue weighted by atomic mass is 32.2. The third-order valence-corrected chi connectivity index (χ3v) is 6.15. The van der Waals surface area contributed by atoms with Crippen molar-refractivity contribution in [2.24, 2.45) is 5.92 Å². The Morgan fingerprint density at radius 1 is 1.03 bits per heavy atom. The third kappa shape index (κ3) is 5.24. The van der Waals surface area contributed by atoms with Gasteiger partial charge in [0.25, 0.3) is 0 Å². The second kappa shape index (κ2) is 9.65. The Kier molecular flexibility index (Phi) is 6.96. The van der Waals surface area contributed by atoms with E-state index in [0.29, 0.717) is 17.9 Å². The number of hydrogen-bond acceptors (Lipinski definition) is 6. The minimum atomic E-state index is -3.92. The van der Waals surface area contributed by atoms with Crippen molar-refractivity contribution in [1.82, 2.24) is 10.6 Å². The van der Waals surface area contributed by atoms with Gasteiger partial charge in [0.15, 0.2) is 0 Å². The van der Waals surface area contributed by atoms with Gasteiger partial charge in [0, 0.05) is 5.70 Å². The maximum atomic E-state index is 12.9. The summed E-state index contributed by atoms with van der Waals surface area (Å²) in [5, 5.41) is 6.09. The van der Waals surface area contributed by atoms with Gasteiger partial charge in [-0.3, -0.25) is 4.79 Å². The Morgan fingerprint density at radius 3 is 2.32 bits per heavy atom. The number of carbonyl (C=O) groups excluding carboxylic acids is 2. The van der Waals surface area contributed by atoms with Crippen molar-refractivity contribution < 1.29 is 27.5 Å². The first-order chi connectivity index (χ1) is 14.9. The molecule has 8 nitrogen and oxygen atoms in total. The minimum absolute atomic E-state index is 0.0510. The second-order valence-electron chi connectivity index (χ2n) is 6.74. The fourth-order valence-corrected chi connectivity index (χ4v) is 4.52. The first-order valence-electron chi connectivity index (χ1n) is 9.84. The van der Waals surface area contributed by atoms with E-state index in [1.807, 2.05) is 6.92 Å². The molecule has 2 N–H and O–H groups in total. The van der Waals surface area contributed by atoms with E-state index in [2.05, 4.69) is 10.6 Å². The molecule has 2 aromatic carbocycles. The molecule has 164 valence electrons. The van der Waals surface area contributed by atoms with Gasteiger partial charge < -0.3 is 20.1 Å². The zero-order valence-electron chi connectivity index (χ0n) is 17.2. The van der Waals surface area contributed by atoms with E-state index in [1.165, 1.54) is 12.1 Å². The van der Waals surface area contributed by atoms with Gasteiger partial charge in [-0.05, 0) is 43.7 Å². The molecule has 1 aliphatic heterocycles. The first-order valence-corrected chi connectivity index (χ1v) is 11.4. The van der Waals surface area contributed by atoms with Crippen molar-refractivity contribution in [1.29, 1.82) is 0 Å². The molecule has 9 heteroatoms. The van der Waals surface area contributed by atoms with E-state index in [0.717, 1.165) is 5.41 Å². The molecule has 0 spiro atoms. The fraction of sp³-hybridized carbons (Fsp3) is 0.273. The van der Waals surface area contributed by atoms with Crippen LogP contribution in [0.4, 0.5) is 4.79 Å². The molecule has 0 saturated carbocycles. The number of ether oxygens (including phenoxy) is 2. The molecule has 0 unspecified atom stereocenters. The highest BCUT2D eigenvalue weighted by molar-refractivity contribution is 7.94. The normalized spacial score (nSPS) is 19.9. The fourth-order valence-electron chi connectivity index (χ4n) is 3.31. The SMILES string of the molecule is CCOC(=O)[C@@H]1/C(=C/S(=O)(=O)c2ccccc2)NC(=O)N[C@H]1c1ccc(OCC)cc1. The number of amides is 2. The number of rotatable bonds is 7. The average Bonchev–Trinajstić information content (AvgIpc) is 2.74. The van der Waals surface area contributed by atoms with Crippen molar-refractivity contribution in [3.63, 3.8) is 0 Å². The quantitative estimate of drug-likeness (QED) is 0.636. The Hall–Kier alpha value is -3.33. The summed E-state index contributed by atoms with van der Waals surface area (Å²) in [6.45, 7) is 4.13. The number of sulfone groups is 1. The van der Waals surface area contributed by atoms with Crippen LogP contribution in [0.1, 0.15) is 25.5 Å². The lowest BCUT2D eigenvalue weighted by molar-refractivity contribution is -0.147. The predicted octanol–water partition coefficient (Wildman–Crippen LogP) is 2.93. The first kappa shape index (κ1) is 22.4. The summed E-state index contributed by atoms with van der Waals surface area (Å²) in [5.41, 5.74) is 0.560. The monoisotopic (exact) mass is 444 g/mol. The summed E-state index contributed by atoms with van der Waals surface area (Å²) in [6, 6.07) is 13.2. The number of benzene rings is 2. The molecule has 3 rings (SSSR count). The molecular formula is C22H24N2O6S. The van der Waals surface area contributed by atoms with Crippen molar-refractivity contribution in [2.45, 2.75) is 24.8 Å². The molecule has 0 aliphatic carbocycles. The molecule has 2 amide bonds. The van der Waals surface area contributed by atoms with Crippen LogP contribution in [-0.4, -0.2) is 33.6 Å². The van der Waals surface area contributed by atoms with Crippen LogP contribution in [0.3, 0.4) is 0 Å². The standard InChI is InChI=1S/C22H24N2O6S/c1-3-29-16-12-10-15(11-13-16)20-19(21(25)30-4-2)18(23-22(26)24-20)14-31(27,28)17-8-6-5-7-9-17/h5-14,19-20H,3-4H2,1-2H3,(H2,23,24,26)/b18-14-/t19-,20+/m1/s1. The molecule has 2 atom stereocenters. The summed E-state index contributed by atoms with van der Waals surface area (Å²) in [7, 11) is -3.92. The number of hydrogen-bond donors (Lipinski definition) is 2. The van der Waals surface area contributed by atoms with Crippen LogP contribution in [0.15, 0.2) is 70.6 Å². The molecule has 2 aromatic rings. The smallest absolute Gasteiger partial charge is 0.319 e. The van der Waals surface area contributed by atoms with Crippen LogP contribution in [0.25, 0.3) is 0 Å². The molecule has 0 radical (unpaired) electrons. The molecule has 0 aromatic heterocycles. The number of carbonyl (C=O) groups is 2. The van der Waals surface area contributed by atoms with Crippen LogP contribution in [-0.2, 0) is 19.4 Å². The van der Waals surface area contributed by atoms with E-state index in [-0.39, 0.29) is 17.2 Å². The number of urea groups is 1. The lowest BCUT2D eigenvalue weighted by atomic mass is 9.89. The van der Waals surface area contributed by atoms with Crippen LogP contribution >= 0.6 is 0 Å². The second-order valence-corrected chi connectivity index (χ2v) is 8.54. The van der Waals surface area contributed by atoms with Crippen molar-refractivity contribution >= 4 is 21.8 Å². The van der Waals surface area contributed by atoms with Crippen LogP contribution in [0.5, 0.6) is 5.75 Å². The van der Waals surface area contributed by atoms with Gasteiger partial charge in [-0.15, -0.1) is 0 Å². The van der Waals surface area contributed by atoms with Gasteiger partial charge in [0.2, 0.25) is 9.84 Å². The topological polar surface area (TPSA) is 111 Å². The Labute approximate surface area is 181 Å². The molecule has 1 saturated heterocycles. The summed E-state index contributed by atoms with van der Waals surface area (Å²) in [4.78, 5) is 25.2. The Morgan fingerprint density at radius 2 is 1.71 bits per heavy atom. The highest BCUT2D eigenvalue weighted by Crippen LogP contribution is 2.33. The summed E-state index contributed by atoms with van der Waals surface area (Å²) in [6.07, 6.45) is 0. The molecule has 31 heavy (non-hydrogen) atoms. The van der Waals surface area contributed by atoms with Crippen molar-refractivity contribution in [3.8, 4) is 5.75 Å². The van der Waals surface area contributed by atoms with Crippen LogP contribution in [0.2, 0.25) is 0 Å². The largest absolute Gasteiger partial charge is 0.494 e. The minimum Gasteiger partial charge on any atom is -0.494 e. The Balaban J connectivity index is 2.05. The van der Waals surface area contributed by atoms with Gasteiger partial charge in [-0.1, -0.05) is 30.3 Å². The van der Waals surface area contributed by atoms with E-state index in [4.69, 9.17) is 9.47 Å². The highest BCUT2D eigenvalue weighted by Gasteiger charge is 2.40. The van der Waals surface area contributed by atoms with E-state index < -0.39 is 33.8 Å².